The lowest BCUT2D eigenvalue weighted by Crippen LogP contribution is -2.38. The summed E-state index contributed by atoms with van der Waals surface area (Å²) in [6.07, 6.45) is 1.97. The highest BCUT2D eigenvalue weighted by atomic mass is 19.4. The fraction of sp³-hybridized carbons (Fsp3) is 0.556. The fourth-order valence-corrected chi connectivity index (χ4v) is 5.89. The van der Waals surface area contributed by atoms with Gasteiger partial charge in [-0.1, -0.05) is 32.4 Å². The number of fused-ring (bicyclic) bond motifs is 1. The van der Waals surface area contributed by atoms with E-state index in [0.717, 1.165) is 60.3 Å². The topological polar surface area (TPSA) is 75.5 Å². The van der Waals surface area contributed by atoms with Crippen LogP contribution in [0, 0.1) is 5.41 Å². The standard InChI is InChI=1S/C27H31F3N2O3/c1-15(2)24-23(25(34)17-4-5-20(31-14-17)27(28,29)30)21(16-6-10-35-11-7-16)22-18(32-24)12-26(8-3-9-26)13-19(22)33/h4-6,14-15,19,25,33-34H,3,7-13H2,1-2H3/t19?,25-/m0/s1. The van der Waals surface area contributed by atoms with E-state index in [0.29, 0.717) is 37.3 Å². The molecule has 3 heterocycles. The monoisotopic (exact) mass is 488 g/mol. The molecular weight excluding hydrogens is 457 g/mol. The molecule has 2 aliphatic carbocycles. The smallest absolute Gasteiger partial charge is 0.388 e. The first kappa shape index (κ1) is 24.4. The van der Waals surface area contributed by atoms with Crippen LogP contribution in [0.1, 0.15) is 103 Å². The van der Waals surface area contributed by atoms with Gasteiger partial charge in [0.1, 0.15) is 11.8 Å². The molecule has 5 nitrogen and oxygen atoms in total. The quantitative estimate of drug-likeness (QED) is 0.581. The number of ether oxygens (including phenoxy) is 1. The van der Waals surface area contributed by atoms with E-state index in [1.807, 2.05) is 19.9 Å². The molecule has 2 N–H and O–H groups in total. The fourth-order valence-electron chi connectivity index (χ4n) is 5.89. The maximum Gasteiger partial charge on any atom is 0.433 e. The van der Waals surface area contributed by atoms with Crippen molar-refractivity contribution in [1.29, 1.82) is 0 Å². The van der Waals surface area contributed by atoms with Crippen molar-refractivity contribution in [1.82, 2.24) is 9.97 Å². The molecule has 1 saturated carbocycles. The molecule has 188 valence electrons. The second kappa shape index (κ2) is 8.98. The summed E-state index contributed by atoms with van der Waals surface area (Å²) in [4.78, 5) is 8.58. The molecule has 0 saturated heterocycles. The predicted octanol–water partition coefficient (Wildman–Crippen LogP) is 5.65. The summed E-state index contributed by atoms with van der Waals surface area (Å²) in [6, 6.07) is 2.16. The number of aliphatic hydroxyl groups is 2. The van der Waals surface area contributed by atoms with Crippen molar-refractivity contribution >= 4 is 5.57 Å². The minimum absolute atomic E-state index is 0.0389. The molecule has 8 heteroatoms. The molecule has 0 bridgehead atoms. The van der Waals surface area contributed by atoms with Crippen molar-refractivity contribution in [3.05, 3.63) is 63.7 Å². The van der Waals surface area contributed by atoms with Crippen molar-refractivity contribution < 1.29 is 28.1 Å². The van der Waals surface area contributed by atoms with Gasteiger partial charge in [0.2, 0.25) is 0 Å². The predicted molar refractivity (Wildman–Crippen MR) is 125 cm³/mol. The largest absolute Gasteiger partial charge is 0.433 e. The van der Waals surface area contributed by atoms with Gasteiger partial charge in [-0.2, -0.15) is 13.2 Å². The SMILES string of the molecule is CC(C)c1nc2c(c(C3=CCOCC3)c1[C@@H](O)c1ccc(C(F)(F)F)nc1)C(O)CC1(CCC1)C2. The molecule has 3 aliphatic rings. The van der Waals surface area contributed by atoms with E-state index in [1.165, 1.54) is 6.07 Å². The molecule has 1 aliphatic heterocycles. The number of aromatic nitrogens is 2. The first-order valence-electron chi connectivity index (χ1n) is 12.3. The van der Waals surface area contributed by atoms with E-state index in [9.17, 15) is 23.4 Å². The summed E-state index contributed by atoms with van der Waals surface area (Å²) in [5, 5.41) is 23.0. The van der Waals surface area contributed by atoms with Crippen molar-refractivity contribution in [2.75, 3.05) is 13.2 Å². The van der Waals surface area contributed by atoms with Crippen LogP contribution in [0.5, 0.6) is 0 Å². The van der Waals surface area contributed by atoms with E-state index in [-0.39, 0.29) is 16.9 Å². The normalized spacial score (nSPS) is 22.5. The average Bonchev–Trinajstić information content (AvgIpc) is 2.81. The maximum atomic E-state index is 13.1. The van der Waals surface area contributed by atoms with Crippen LogP contribution in [0.4, 0.5) is 13.2 Å². The second-order valence-electron chi connectivity index (χ2n) is 10.5. The minimum atomic E-state index is -4.56. The maximum absolute atomic E-state index is 13.1. The van der Waals surface area contributed by atoms with Crippen LogP contribution in [0.3, 0.4) is 0 Å². The van der Waals surface area contributed by atoms with Crippen molar-refractivity contribution in [2.24, 2.45) is 5.41 Å². The van der Waals surface area contributed by atoms with Gasteiger partial charge in [0.05, 0.1) is 19.3 Å². The Labute approximate surface area is 203 Å². The highest BCUT2D eigenvalue weighted by Gasteiger charge is 2.45. The first-order valence-corrected chi connectivity index (χ1v) is 12.3. The Hall–Kier alpha value is -2.29. The molecule has 2 atom stereocenters. The summed E-state index contributed by atoms with van der Waals surface area (Å²) < 4.78 is 44.7. The van der Waals surface area contributed by atoms with Crippen LogP contribution in [0.2, 0.25) is 0 Å². The minimum Gasteiger partial charge on any atom is -0.388 e. The molecule has 2 aromatic rings. The van der Waals surface area contributed by atoms with E-state index < -0.39 is 24.1 Å². The lowest BCUT2D eigenvalue weighted by atomic mass is 9.59. The van der Waals surface area contributed by atoms with Gasteiger partial charge in [0.25, 0.3) is 0 Å². The summed E-state index contributed by atoms with van der Waals surface area (Å²) in [5.41, 5.74) is 4.02. The number of pyridine rings is 2. The second-order valence-corrected chi connectivity index (χ2v) is 10.5. The summed E-state index contributed by atoms with van der Waals surface area (Å²) >= 11 is 0. The van der Waals surface area contributed by atoms with Gasteiger partial charge in [-0.3, -0.25) is 9.97 Å². The molecule has 1 fully saturated rings. The zero-order valence-corrected chi connectivity index (χ0v) is 20.0. The Morgan fingerprint density at radius 3 is 2.51 bits per heavy atom. The number of aliphatic hydroxyl groups excluding tert-OH is 2. The molecular formula is C27H31F3N2O3. The van der Waals surface area contributed by atoms with Crippen molar-refractivity contribution in [2.45, 2.75) is 76.7 Å². The van der Waals surface area contributed by atoms with Crippen LogP contribution < -0.4 is 0 Å². The molecule has 1 unspecified atom stereocenters. The van der Waals surface area contributed by atoms with Gasteiger partial charge in [-0.15, -0.1) is 0 Å². The lowest BCUT2D eigenvalue weighted by molar-refractivity contribution is -0.141. The van der Waals surface area contributed by atoms with Gasteiger partial charge in [0, 0.05) is 34.3 Å². The van der Waals surface area contributed by atoms with Crippen LogP contribution in [-0.2, 0) is 17.3 Å². The number of rotatable bonds is 4. The molecule has 2 aromatic heterocycles. The highest BCUT2D eigenvalue weighted by molar-refractivity contribution is 5.74. The van der Waals surface area contributed by atoms with Gasteiger partial charge in [0.15, 0.2) is 0 Å². The van der Waals surface area contributed by atoms with E-state index in [1.54, 1.807) is 0 Å². The van der Waals surface area contributed by atoms with E-state index in [4.69, 9.17) is 9.72 Å². The van der Waals surface area contributed by atoms with Crippen LogP contribution in [0.25, 0.3) is 5.57 Å². The lowest BCUT2D eigenvalue weighted by Gasteiger charge is -2.47. The zero-order chi connectivity index (χ0) is 25.0. The average molecular weight is 489 g/mol. The van der Waals surface area contributed by atoms with Gasteiger partial charge < -0.3 is 14.9 Å². The Kier molecular flexibility index (Phi) is 6.26. The summed E-state index contributed by atoms with van der Waals surface area (Å²) in [7, 11) is 0. The van der Waals surface area contributed by atoms with Crippen LogP contribution in [0.15, 0.2) is 24.4 Å². The van der Waals surface area contributed by atoms with Crippen LogP contribution >= 0.6 is 0 Å². The van der Waals surface area contributed by atoms with Gasteiger partial charge in [-0.25, -0.2) is 0 Å². The highest BCUT2D eigenvalue weighted by Crippen LogP contribution is 2.55. The molecule has 0 amide bonds. The Morgan fingerprint density at radius 1 is 1.20 bits per heavy atom. The third-order valence-electron chi connectivity index (χ3n) is 7.79. The molecule has 0 radical (unpaired) electrons. The Balaban J connectivity index is 1.70. The third kappa shape index (κ3) is 4.41. The first-order chi connectivity index (χ1) is 16.6. The number of hydrogen-bond acceptors (Lipinski definition) is 5. The zero-order valence-electron chi connectivity index (χ0n) is 20.0. The van der Waals surface area contributed by atoms with E-state index in [2.05, 4.69) is 4.98 Å². The van der Waals surface area contributed by atoms with Crippen molar-refractivity contribution in [3.63, 3.8) is 0 Å². The van der Waals surface area contributed by atoms with Crippen molar-refractivity contribution in [3.8, 4) is 0 Å². The molecule has 5 rings (SSSR count). The molecule has 0 aromatic carbocycles. The number of nitrogens with zero attached hydrogens (tertiary/aromatic N) is 2. The molecule has 1 spiro atoms. The third-order valence-corrected chi connectivity index (χ3v) is 7.79. The Morgan fingerprint density at radius 2 is 1.97 bits per heavy atom. The summed E-state index contributed by atoms with van der Waals surface area (Å²) in [6.45, 7) is 4.95. The van der Waals surface area contributed by atoms with E-state index >= 15 is 0 Å². The molecule has 35 heavy (non-hydrogen) atoms. The van der Waals surface area contributed by atoms with Gasteiger partial charge >= 0.3 is 6.18 Å². The number of alkyl halides is 3. The number of halogens is 3. The van der Waals surface area contributed by atoms with Gasteiger partial charge in [-0.05, 0) is 60.6 Å². The number of hydrogen-bond donors (Lipinski definition) is 2. The van der Waals surface area contributed by atoms with Crippen LogP contribution in [-0.4, -0.2) is 33.4 Å². The summed E-state index contributed by atoms with van der Waals surface area (Å²) in [5.74, 6) is -0.0389. The Bertz CT molecular complexity index is 1140.